The number of aromatic nitrogens is 1. The van der Waals surface area contributed by atoms with Gasteiger partial charge in [0.1, 0.15) is 0 Å². The first kappa shape index (κ1) is 8.00. The summed E-state index contributed by atoms with van der Waals surface area (Å²) in [5.74, 6) is -0.673. The molecule has 0 unspecified atom stereocenters. The van der Waals surface area contributed by atoms with E-state index in [4.69, 9.17) is 5.11 Å². The minimum atomic E-state index is -0.544. The molecule has 58 valence electrons. The fourth-order valence-corrected chi connectivity index (χ4v) is 0.738. The lowest BCUT2D eigenvalue weighted by atomic mass is 10.3. The Hall–Kier alpha value is -1.10. The van der Waals surface area contributed by atoms with Gasteiger partial charge in [-0.1, -0.05) is 0 Å². The Morgan fingerprint density at radius 2 is 2.36 bits per heavy atom. The van der Waals surface area contributed by atoms with Crippen LogP contribution in [0.4, 0.5) is 0 Å². The Balaban J connectivity index is 2.90. The molecule has 0 radical (unpaired) electrons. The van der Waals surface area contributed by atoms with Crippen LogP contribution in [0.3, 0.4) is 0 Å². The van der Waals surface area contributed by atoms with Gasteiger partial charge in [0, 0.05) is 12.3 Å². The van der Waals surface area contributed by atoms with Crippen LogP contribution in [0.5, 0.6) is 5.88 Å². The van der Waals surface area contributed by atoms with Crippen LogP contribution in [0, 0.1) is 0 Å². The van der Waals surface area contributed by atoms with Gasteiger partial charge in [-0.05, 0) is 6.07 Å². The molecule has 0 saturated heterocycles. The van der Waals surface area contributed by atoms with E-state index in [0.29, 0.717) is 0 Å². The Kier molecular flexibility index (Phi) is 2.43. The van der Waals surface area contributed by atoms with Gasteiger partial charge in [-0.3, -0.25) is 0 Å². The summed E-state index contributed by atoms with van der Waals surface area (Å²) in [6.45, 7) is 0. The van der Waals surface area contributed by atoms with Crippen LogP contribution >= 0.6 is 16.3 Å². The molecule has 0 fully saturated rings. The molecule has 0 spiro atoms. The summed E-state index contributed by atoms with van der Waals surface area (Å²) < 4.78 is 4.23. The van der Waals surface area contributed by atoms with Crippen molar-refractivity contribution < 1.29 is 13.7 Å². The van der Waals surface area contributed by atoms with Crippen molar-refractivity contribution >= 4 is 22.2 Å². The highest BCUT2D eigenvalue weighted by Gasteiger charge is 2.05. The van der Waals surface area contributed by atoms with Crippen molar-refractivity contribution in [2.75, 3.05) is 0 Å². The highest BCUT2D eigenvalue weighted by Crippen LogP contribution is 2.07. The molecule has 5 heteroatoms. The predicted octanol–water partition coefficient (Wildman–Crippen LogP) is 1.25. The maximum atomic E-state index is 10.7. The van der Waals surface area contributed by atoms with Gasteiger partial charge in [-0.25, -0.2) is 9.78 Å². The van der Waals surface area contributed by atoms with Crippen LogP contribution < -0.4 is 0 Å². The monoisotopic (exact) mass is 217 g/mol. The van der Waals surface area contributed by atoms with E-state index in [9.17, 15) is 4.79 Å². The summed E-state index contributed by atoms with van der Waals surface area (Å²) >= 11 is 2.53. The number of carbonyl (C=O) groups excluding carboxylic acids is 1. The minimum absolute atomic E-state index is 0.129. The van der Waals surface area contributed by atoms with Gasteiger partial charge in [0.15, 0.2) is 16.3 Å². The smallest absolute Gasteiger partial charge is 0.351 e. The van der Waals surface area contributed by atoms with Crippen molar-refractivity contribution in [3.05, 3.63) is 23.9 Å². The maximum Gasteiger partial charge on any atom is 0.351 e. The molecule has 1 heterocycles. The van der Waals surface area contributed by atoms with E-state index in [0.717, 1.165) is 0 Å². The molecule has 1 aromatic rings. The molecule has 0 bridgehead atoms. The second-order valence-electron chi connectivity index (χ2n) is 1.77. The first-order chi connectivity index (χ1) is 5.24. The van der Waals surface area contributed by atoms with E-state index < -0.39 is 5.97 Å². The number of rotatable bonds is 1. The van der Waals surface area contributed by atoms with E-state index in [2.05, 4.69) is 25.1 Å². The molecular formula is C6H4BrNO3. The number of hydrogen-bond donors (Lipinski definition) is 1. The zero-order chi connectivity index (χ0) is 8.27. The zero-order valence-corrected chi connectivity index (χ0v) is 6.91. The standard InChI is InChI=1S/C6H4BrNO3/c7-11-6(10)4-1-2-5(9)8-3-4/h1-3H,(H,8,9). The Morgan fingerprint density at radius 3 is 2.82 bits per heavy atom. The number of carbonyl (C=O) groups is 1. The molecule has 1 aromatic heterocycles. The maximum absolute atomic E-state index is 10.7. The minimum Gasteiger partial charge on any atom is -0.493 e. The highest BCUT2D eigenvalue weighted by molar-refractivity contribution is 9.06. The quantitative estimate of drug-likeness (QED) is 0.770. The molecule has 1 N–H and O–H groups in total. The summed E-state index contributed by atoms with van der Waals surface area (Å²) in [6, 6.07) is 2.71. The lowest BCUT2D eigenvalue weighted by molar-refractivity contribution is 0.0781. The third-order valence-electron chi connectivity index (χ3n) is 1.05. The van der Waals surface area contributed by atoms with Crippen molar-refractivity contribution in [1.29, 1.82) is 0 Å². The average molecular weight is 218 g/mol. The second-order valence-corrected chi connectivity index (χ2v) is 2.09. The molecule has 1 rings (SSSR count). The number of nitrogens with zero attached hydrogens (tertiary/aromatic N) is 1. The van der Waals surface area contributed by atoms with Gasteiger partial charge in [-0.15, -0.1) is 0 Å². The third kappa shape index (κ3) is 1.91. The van der Waals surface area contributed by atoms with E-state index >= 15 is 0 Å². The van der Waals surface area contributed by atoms with E-state index in [-0.39, 0.29) is 11.4 Å². The van der Waals surface area contributed by atoms with Crippen LogP contribution in [-0.2, 0) is 3.83 Å². The van der Waals surface area contributed by atoms with Gasteiger partial charge in [0.2, 0.25) is 5.88 Å². The number of hydrogen-bond acceptors (Lipinski definition) is 4. The van der Waals surface area contributed by atoms with Gasteiger partial charge in [0.25, 0.3) is 0 Å². The number of halogens is 1. The molecule has 0 amide bonds. The van der Waals surface area contributed by atoms with Crippen LogP contribution in [0.1, 0.15) is 10.4 Å². The van der Waals surface area contributed by atoms with Crippen molar-refractivity contribution in [3.8, 4) is 5.88 Å². The lowest BCUT2D eigenvalue weighted by Crippen LogP contribution is -1.97. The Bertz CT molecular complexity index is 259. The number of aromatic hydroxyl groups is 1. The highest BCUT2D eigenvalue weighted by atomic mass is 79.9. The zero-order valence-electron chi connectivity index (χ0n) is 5.32. The molecule has 0 aliphatic heterocycles. The summed E-state index contributed by atoms with van der Waals surface area (Å²) in [5.41, 5.74) is 0.277. The van der Waals surface area contributed by atoms with Crippen LogP contribution in [0.2, 0.25) is 0 Å². The first-order valence-electron chi connectivity index (χ1n) is 2.72. The summed E-state index contributed by atoms with van der Waals surface area (Å²) in [4.78, 5) is 14.2. The normalized spacial score (nSPS) is 9.18. The van der Waals surface area contributed by atoms with Crippen LogP contribution in [0.15, 0.2) is 18.3 Å². The topological polar surface area (TPSA) is 59.4 Å². The third-order valence-corrected chi connectivity index (χ3v) is 1.35. The van der Waals surface area contributed by atoms with Crippen molar-refractivity contribution in [2.45, 2.75) is 0 Å². The van der Waals surface area contributed by atoms with E-state index in [1.165, 1.54) is 18.3 Å². The fourth-order valence-electron chi connectivity index (χ4n) is 0.551. The Labute approximate surface area is 71.3 Å². The summed E-state index contributed by atoms with van der Waals surface area (Å²) in [5, 5.41) is 8.74. The molecule has 11 heavy (non-hydrogen) atoms. The second kappa shape index (κ2) is 3.34. The van der Waals surface area contributed by atoms with Crippen LogP contribution in [-0.4, -0.2) is 16.1 Å². The SMILES string of the molecule is O=C(OBr)c1ccc(O)nc1. The van der Waals surface area contributed by atoms with Gasteiger partial charge < -0.3 is 8.93 Å². The fraction of sp³-hybridized carbons (Fsp3) is 0. The average Bonchev–Trinajstić information content (AvgIpc) is 2.05. The molecular weight excluding hydrogens is 214 g/mol. The Morgan fingerprint density at radius 1 is 1.64 bits per heavy atom. The molecule has 0 aliphatic rings. The first-order valence-corrected chi connectivity index (χ1v) is 3.36. The largest absolute Gasteiger partial charge is 0.493 e. The molecule has 0 aromatic carbocycles. The van der Waals surface area contributed by atoms with Crippen molar-refractivity contribution in [1.82, 2.24) is 4.98 Å². The van der Waals surface area contributed by atoms with Gasteiger partial charge in [0.05, 0.1) is 5.56 Å². The molecule has 4 nitrogen and oxygen atoms in total. The lowest BCUT2D eigenvalue weighted by Gasteiger charge is -1.94. The van der Waals surface area contributed by atoms with E-state index in [1.807, 2.05) is 0 Å². The molecule has 0 atom stereocenters. The van der Waals surface area contributed by atoms with Crippen molar-refractivity contribution in [3.63, 3.8) is 0 Å². The predicted molar refractivity (Wildman–Crippen MR) is 40.2 cm³/mol. The van der Waals surface area contributed by atoms with E-state index in [1.54, 1.807) is 0 Å². The molecule has 0 saturated carbocycles. The van der Waals surface area contributed by atoms with Crippen LogP contribution in [0.25, 0.3) is 0 Å². The molecule has 0 aliphatic carbocycles. The summed E-state index contributed by atoms with van der Waals surface area (Å²) in [7, 11) is 0. The summed E-state index contributed by atoms with van der Waals surface area (Å²) in [6.07, 6.45) is 1.22. The van der Waals surface area contributed by atoms with Gasteiger partial charge >= 0.3 is 5.97 Å². The number of pyridine rings is 1. The van der Waals surface area contributed by atoms with Gasteiger partial charge in [-0.2, -0.15) is 0 Å². The van der Waals surface area contributed by atoms with Crippen molar-refractivity contribution in [2.24, 2.45) is 0 Å².